The lowest BCUT2D eigenvalue weighted by Crippen LogP contribution is -2.01. The molecule has 0 bridgehead atoms. The van der Waals surface area contributed by atoms with Gasteiger partial charge in [-0.15, -0.1) is 12.4 Å². The summed E-state index contributed by atoms with van der Waals surface area (Å²) in [5.74, 6) is 0. The Hall–Kier alpha value is -0.580. The van der Waals surface area contributed by atoms with Crippen LogP contribution < -0.4 is 0 Å². The molecule has 0 saturated carbocycles. The number of benzene rings is 1. The molecule has 0 aliphatic rings. The Balaban J connectivity index is 0.00000121. The van der Waals surface area contributed by atoms with Crippen LogP contribution in [0.4, 0.5) is 0 Å². The summed E-state index contributed by atoms with van der Waals surface area (Å²) in [5, 5.41) is 0. The molecule has 0 fully saturated rings. The zero-order valence-corrected chi connectivity index (χ0v) is 8.06. The summed E-state index contributed by atoms with van der Waals surface area (Å²) >= 11 is 0. The van der Waals surface area contributed by atoms with Gasteiger partial charge in [0, 0.05) is 0 Å². The largest absolute Gasteiger partial charge is 0.296 e. The molecule has 3 nitrogen and oxygen atoms in total. The van der Waals surface area contributed by atoms with Crippen molar-refractivity contribution in [3.8, 4) is 0 Å². The third-order valence-corrected chi connectivity index (χ3v) is 2.54. The summed E-state index contributed by atoms with van der Waals surface area (Å²) in [4.78, 5) is 0.183. The summed E-state index contributed by atoms with van der Waals surface area (Å²) in [6, 6.07) is 8.00. The fraction of sp³-hybridized carbons (Fsp3) is 0.143. The highest BCUT2D eigenvalue weighted by Gasteiger charge is 2.10. The highest BCUT2D eigenvalue weighted by Crippen LogP contribution is 2.09. The van der Waals surface area contributed by atoms with Gasteiger partial charge in [0.15, 0.2) is 0 Å². The van der Waals surface area contributed by atoms with E-state index in [0.717, 1.165) is 7.11 Å². The first-order valence-corrected chi connectivity index (χ1v) is 4.43. The number of halogens is 1. The summed E-state index contributed by atoms with van der Waals surface area (Å²) in [5.41, 5.74) is 0. The van der Waals surface area contributed by atoms with Crippen molar-refractivity contribution in [3.05, 3.63) is 30.3 Å². The maximum absolute atomic E-state index is 11.0. The number of hydrogen-bond acceptors (Lipinski definition) is 3. The fourth-order valence-corrected chi connectivity index (χ4v) is 1.37. The Labute approximate surface area is 77.9 Å². The van der Waals surface area contributed by atoms with E-state index in [9.17, 15) is 8.42 Å². The quantitative estimate of drug-likeness (QED) is 0.691. The second-order valence-electron chi connectivity index (χ2n) is 1.93. The average molecular weight is 209 g/mol. The highest BCUT2D eigenvalue weighted by molar-refractivity contribution is 7.86. The van der Waals surface area contributed by atoms with Crippen LogP contribution in [0.1, 0.15) is 0 Å². The zero-order valence-electron chi connectivity index (χ0n) is 6.43. The van der Waals surface area contributed by atoms with Crippen LogP contribution in [-0.4, -0.2) is 15.5 Å². The Morgan fingerprint density at radius 3 is 2.08 bits per heavy atom. The minimum Gasteiger partial charge on any atom is -0.270 e. The number of hydrogen-bond donors (Lipinski definition) is 0. The van der Waals surface area contributed by atoms with Gasteiger partial charge in [0.1, 0.15) is 0 Å². The van der Waals surface area contributed by atoms with E-state index in [-0.39, 0.29) is 17.3 Å². The Bertz CT molecular complexity index is 320. The second-order valence-corrected chi connectivity index (χ2v) is 3.65. The number of rotatable bonds is 2. The molecule has 12 heavy (non-hydrogen) atoms. The molecule has 0 radical (unpaired) electrons. The summed E-state index contributed by atoms with van der Waals surface area (Å²) < 4.78 is 26.3. The van der Waals surface area contributed by atoms with E-state index >= 15 is 0 Å². The summed E-state index contributed by atoms with van der Waals surface area (Å²) in [6.45, 7) is 0. The molecule has 0 atom stereocenters. The molecule has 0 N–H and O–H groups in total. The molecule has 1 aromatic carbocycles. The lowest BCUT2D eigenvalue weighted by atomic mass is 10.4. The monoisotopic (exact) mass is 208 g/mol. The third-order valence-electron chi connectivity index (χ3n) is 1.25. The predicted octanol–water partition coefficient (Wildman–Crippen LogP) is 1.44. The summed E-state index contributed by atoms with van der Waals surface area (Å²) in [6.07, 6.45) is 0. The van der Waals surface area contributed by atoms with E-state index in [1.807, 2.05) is 0 Å². The van der Waals surface area contributed by atoms with Gasteiger partial charge in [-0.2, -0.15) is 8.42 Å². The van der Waals surface area contributed by atoms with E-state index in [4.69, 9.17) is 0 Å². The van der Waals surface area contributed by atoms with Gasteiger partial charge in [-0.05, 0) is 12.1 Å². The van der Waals surface area contributed by atoms with Gasteiger partial charge in [0.25, 0.3) is 10.1 Å². The SMILES string of the molecule is COS(=O)(=O)c1ccccc1.Cl. The van der Waals surface area contributed by atoms with Crippen molar-refractivity contribution in [2.75, 3.05) is 7.11 Å². The molecule has 0 heterocycles. The molecule has 0 aliphatic carbocycles. The molecule has 0 aromatic heterocycles. The van der Waals surface area contributed by atoms with E-state index < -0.39 is 10.1 Å². The van der Waals surface area contributed by atoms with E-state index in [0.29, 0.717) is 0 Å². The van der Waals surface area contributed by atoms with Crippen molar-refractivity contribution in [2.45, 2.75) is 4.90 Å². The van der Waals surface area contributed by atoms with Gasteiger partial charge in [0.05, 0.1) is 12.0 Å². The molecule has 0 unspecified atom stereocenters. The normalized spacial score (nSPS) is 10.4. The zero-order chi connectivity index (χ0) is 8.32. The molecule has 5 heteroatoms. The third kappa shape index (κ3) is 2.48. The van der Waals surface area contributed by atoms with Crippen LogP contribution >= 0.6 is 12.4 Å². The van der Waals surface area contributed by atoms with Crippen LogP contribution in [0, 0.1) is 0 Å². The Kier molecular flexibility index (Phi) is 4.23. The van der Waals surface area contributed by atoms with Crippen molar-refractivity contribution in [1.29, 1.82) is 0 Å². The highest BCUT2D eigenvalue weighted by atomic mass is 35.5. The topological polar surface area (TPSA) is 43.4 Å². The molecule has 0 spiro atoms. The first kappa shape index (κ1) is 11.4. The minimum atomic E-state index is -3.50. The first-order valence-electron chi connectivity index (χ1n) is 3.02. The smallest absolute Gasteiger partial charge is 0.270 e. The van der Waals surface area contributed by atoms with Gasteiger partial charge in [-0.25, -0.2) is 0 Å². The van der Waals surface area contributed by atoms with Crippen molar-refractivity contribution in [3.63, 3.8) is 0 Å². The molecular formula is C7H9ClO3S. The lowest BCUT2D eigenvalue weighted by molar-refractivity contribution is 0.398. The van der Waals surface area contributed by atoms with Crippen LogP contribution in [0.15, 0.2) is 35.2 Å². The summed E-state index contributed by atoms with van der Waals surface area (Å²) in [7, 11) is -2.36. The maximum atomic E-state index is 11.0. The van der Waals surface area contributed by atoms with E-state index in [1.165, 1.54) is 12.1 Å². The lowest BCUT2D eigenvalue weighted by Gasteiger charge is -1.98. The van der Waals surface area contributed by atoms with Gasteiger partial charge in [0.2, 0.25) is 0 Å². The molecular weight excluding hydrogens is 200 g/mol. The van der Waals surface area contributed by atoms with E-state index in [2.05, 4.69) is 4.18 Å². The predicted molar refractivity (Wildman–Crippen MR) is 47.9 cm³/mol. The molecule has 68 valence electrons. The second kappa shape index (κ2) is 4.45. The molecule has 0 amide bonds. The Morgan fingerprint density at radius 2 is 1.67 bits per heavy atom. The van der Waals surface area contributed by atoms with Gasteiger partial charge in [-0.3, -0.25) is 4.18 Å². The molecule has 0 saturated heterocycles. The molecule has 1 aromatic rings. The van der Waals surface area contributed by atoms with E-state index in [1.54, 1.807) is 18.2 Å². The minimum absolute atomic E-state index is 0. The van der Waals surface area contributed by atoms with Crippen LogP contribution in [-0.2, 0) is 14.3 Å². The van der Waals surface area contributed by atoms with Crippen LogP contribution in [0.3, 0.4) is 0 Å². The fourth-order valence-electron chi connectivity index (χ4n) is 0.683. The van der Waals surface area contributed by atoms with Gasteiger partial charge < -0.3 is 0 Å². The van der Waals surface area contributed by atoms with Crippen LogP contribution in [0.2, 0.25) is 0 Å². The maximum Gasteiger partial charge on any atom is 0.296 e. The van der Waals surface area contributed by atoms with Gasteiger partial charge >= 0.3 is 0 Å². The average Bonchev–Trinajstić information content (AvgIpc) is 2.06. The van der Waals surface area contributed by atoms with Crippen LogP contribution in [0.25, 0.3) is 0 Å². The van der Waals surface area contributed by atoms with Crippen molar-refractivity contribution >= 4 is 22.5 Å². The molecule has 1 rings (SSSR count). The molecule has 0 aliphatic heterocycles. The standard InChI is InChI=1S/C7H8O3S.ClH/c1-10-11(8,9)7-5-3-2-4-6-7;/h2-6H,1H3;1H. The Morgan fingerprint density at radius 1 is 1.17 bits per heavy atom. The van der Waals surface area contributed by atoms with Crippen molar-refractivity contribution in [1.82, 2.24) is 0 Å². The van der Waals surface area contributed by atoms with Crippen LogP contribution in [0.5, 0.6) is 0 Å². The van der Waals surface area contributed by atoms with Crippen molar-refractivity contribution < 1.29 is 12.6 Å². The first-order chi connectivity index (χ1) is 5.17. The van der Waals surface area contributed by atoms with Gasteiger partial charge in [-0.1, -0.05) is 18.2 Å². The van der Waals surface area contributed by atoms with Crippen molar-refractivity contribution in [2.24, 2.45) is 0 Å².